The van der Waals surface area contributed by atoms with Crippen molar-refractivity contribution in [1.29, 1.82) is 0 Å². The van der Waals surface area contributed by atoms with Gasteiger partial charge in [0.25, 0.3) is 0 Å². The quantitative estimate of drug-likeness (QED) is 0.844. The Morgan fingerprint density at radius 2 is 1.88 bits per heavy atom. The number of hydrogen-bond donors (Lipinski definition) is 1. The molecular weight excluding hydrogens is 318 g/mol. The smallest absolute Gasteiger partial charge is 0.318 e. The molecule has 1 atom stereocenters. The third-order valence-electron chi connectivity index (χ3n) is 4.59. The molecule has 2 aromatic carbocycles. The molecule has 2 aromatic rings. The first-order valence-electron chi connectivity index (χ1n) is 8.34. The lowest BCUT2D eigenvalue weighted by Gasteiger charge is -2.36. The Morgan fingerprint density at radius 3 is 2.60 bits per heavy atom. The number of rotatable bonds is 5. The summed E-state index contributed by atoms with van der Waals surface area (Å²) in [5, 5.41) is 9.39. The first-order valence-corrected chi connectivity index (χ1v) is 8.34. The molecule has 1 fully saturated rings. The van der Waals surface area contributed by atoms with Gasteiger partial charge in [0, 0.05) is 13.1 Å². The molecule has 0 aliphatic carbocycles. The Balaban J connectivity index is 1.74. The Labute approximate surface area is 146 Å². The summed E-state index contributed by atoms with van der Waals surface area (Å²) in [4.78, 5) is 25.7. The van der Waals surface area contributed by atoms with E-state index in [1.807, 2.05) is 54.6 Å². The number of amides is 1. The van der Waals surface area contributed by atoms with Gasteiger partial charge in [0.1, 0.15) is 16.9 Å². The predicted molar refractivity (Wildman–Crippen MR) is 93.4 cm³/mol. The maximum absolute atomic E-state index is 12.6. The molecule has 1 heterocycles. The molecule has 5 nitrogen and oxygen atoms in total. The average Bonchev–Trinajstić information content (AvgIpc) is 2.60. The minimum atomic E-state index is -1.32. The molecule has 1 saturated heterocycles. The summed E-state index contributed by atoms with van der Waals surface area (Å²) in [6.07, 6.45) is 1.07. The van der Waals surface area contributed by atoms with Crippen molar-refractivity contribution in [2.45, 2.75) is 26.3 Å². The maximum Gasteiger partial charge on any atom is 0.318 e. The third kappa shape index (κ3) is 3.65. The summed E-state index contributed by atoms with van der Waals surface area (Å²) in [5.74, 6) is 0.0605. The van der Waals surface area contributed by atoms with Crippen LogP contribution in [-0.2, 0) is 16.1 Å². The second-order valence-corrected chi connectivity index (χ2v) is 6.53. The number of ether oxygens (including phenoxy) is 1. The number of nitrogens with zero attached hydrogens (tertiary/aromatic N) is 1. The zero-order chi connectivity index (χ0) is 17.9. The minimum absolute atomic E-state index is 0.319. The topological polar surface area (TPSA) is 66.8 Å². The molecule has 0 aromatic heterocycles. The van der Waals surface area contributed by atoms with Gasteiger partial charge in [-0.25, -0.2) is 0 Å². The lowest BCUT2D eigenvalue weighted by atomic mass is 9.81. The molecule has 5 heteroatoms. The third-order valence-corrected chi connectivity index (χ3v) is 4.59. The highest BCUT2D eigenvalue weighted by atomic mass is 16.5. The molecule has 3 rings (SSSR count). The van der Waals surface area contributed by atoms with E-state index in [1.54, 1.807) is 4.90 Å². The van der Waals surface area contributed by atoms with E-state index in [2.05, 4.69) is 0 Å². The molecule has 130 valence electrons. The van der Waals surface area contributed by atoms with E-state index in [0.717, 1.165) is 11.3 Å². The number of piperidine rings is 1. The Bertz CT molecular complexity index is 774. The van der Waals surface area contributed by atoms with Crippen LogP contribution in [0.15, 0.2) is 54.6 Å². The zero-order valence-electron chi connectivity index (χ0n) is 14.1. The Kier molecular flexibility index (Phi) is 4.74. The SMILES string of the molecule is CC1(C(=O)O)CCCN(Cc2cccc(Oc3ccccc3)c2)C1=O. The average molecular weight is 339 g/mol. The van der Waals surface area contributed by atoms with Crippen molar-refractivity contribution in [3.63, 3.8) is 0 Å². The number of hydrogen-bond acceptors (Lipinski definition) is 3. The molecule has 0 spiro atoms. The number of carboxylic acids is 1. The first-order chi connectivity index (χ1) is 12.0. The lowest BCUT2D eigenvalue weighted by molar-refractivity contribution is -0.163. The predicted octanol–water partition coefficient (Wildman–Crippen LogP) is 3.69. The van der Waals surface area contributed by atoms with Crippen molar-refractivity contribution in [2.75, 3.05) is 6.54 Å². The first kappa shape index (κ1) is 17.0. The van der Waals surface area contributed by atoms with Crippen LogP contribution in [0.3, 0.4) is 0 Å². The molecule has 0 saturated carbocycles. The fourth-order valence-electron chi connectivity index (χ4n) is 3.08. The number of benzene rings is 2. The van der Waals surface area contributed by atoms with Gasteiger partial charge in [0.05, 0.1) is 0 Å². The highest BCUT2D eigenvalue weighted by molar-refractivity contribution is 6.01. The van der Waals surface area contributed by atoms with E-state index in [-0.39, 0.29) is 5.91 Å². The van der Waals surface area contributed by atoms with Crippen LogP contribution in [0.2, 0.25) is 0 Å². The van der Waals surface area contributed by atoms with Gasteiger partial charge in [0.2, 0.25) is 5.91 Å². The Hall–Kier alpha value is -2.82. The van der Waals surface area contributed by atoms with Crippen LogP contribution in [0.25, 0.3) is 0 Å². The van der Waals surface area contributed by atoms with Crippen LogP contribution in [0.4, 0.5) is 0 Å². The number of likely N-dealkylation sites (tertiary alicyclic amines) is 1. The highest BCUT2D eigenvalue weighted by Crippen LogP contribution is 2.32. The van der Waals surface area contributed by atoms with Gasteiger partial charge in [0.15, 0.2) is 0 Å². The number of aliphatic carboxylic acids is 1. The minimum Gasteiger partial charge on any atom is -0.480 e. The lowest BCUT2D eigenvalue weighted by Crippen LogP contribution is -2.50. The van der Waals surface area contributed by atoms with Crippen molar-refractivity contribution < 1.29 is 19.4 Å². The van der Waals surface area contributed by atoms with E-state index in [4.69, 9.17) is 4.74 Å². The molecule has 1 aliphatic heterocycles. The van der Waals surface area contributed by atoms with Crippen LogP contribution < -0.4 is 4.74 Å². The number of carboxylic acid groups (broad SMARTS) is 1. The largest absolute Gasteiger partial charge is 0.480 e. The number of para-hydroxylation sites is 1. The van der Waals surface area contributed by atoms with Crippen LogP contribution in [0.5, 0.6) is 11.5 Å². The molecule has 0 bridgehead atoms. The van der Waals surface area contributed by atoms with Crippen LogP contribution in [-0.4, -0.2) is 28.4 Å². The number of carbonyl (C=O) groups is 2. The Morgan fingerprint density at radius 1 is 1.16 bits per heavy atom. The van der Waals surface area contributed by atoms with E-state index < -0.39 is 11.4 Å². The van der Waals surface area contributed by atoms with Gasteiger partial charge in [-0.2, -0.15) is 0 Å². The summed E-state index contributed by atoms with van der Waals surface area (Å²) in [6, 6.07) is 17.0. The van der Waals surface area contributed by atoms with Gasteiger partial charge in [-0.15, -0.1) is 0 Å². The fourth-order valence-corrected chi connectivity index (χ4v) is 3.08. The molecule has 1 N–H and O–H groups in total. The van der Waals surface area contributed by atoms with Gasteiger partial charge in [-0.05, 0) is 49.6 Å². The molecular formula is C20H21NO4. The summed E-state index contributed by atoms with van der Waals surface area (Å²) in [6.45, 7) is 2.47. The molecule has 1 aliphatic rings. The molecule has 1 amide bonds. The second-order valence-electron chi connectivity index (χ2n) is 6.53. The van der Waals surface area contributed by atoms with Gasteiger partial charge < -0.3 is 14.7 Å². The van der Waals surface area contributed by atoms with E-state index in [9.17, 15) is 14.7 Å². The highest BCUT2D eigenvalue weighted by Gasteiger charge is 2.46. The van der Waals surface area contributed by atoms with E-state index in [0.29, 0.717) is 31.7 Å². The normalized spacial score (nSPS) is 20.4. The van der Waals surface area contributed by atoms with Crippen molar-refractivity contribution in [1.82, 2.24) is 4.90 Å². The van der Waals surface area contributed by atoms with Gasteiger partial charge in [-0.3, -0.25) is 9.59 Å². The molecule has 1 unspecified atom stereocenters. The maximum atomic E-state index is 12.6. The van der Waals surface area contributed by atoms with Gasteiger partial charge in [-0.1, -0.05) is 30.3 Å². The fraction of sp³-hybridized carbons (Fsp3) is 0.300. The van der Waals surface area contributed by atoms with Crippen molar-refractivity contribution in [2.24, 2.45) is 5.41 Å². The monoisotopic (exact) mass is 339 g/mol. The summed E-state index contributed by atoms with van der Waals surface area (Å²) in [7, 11) is 0. The molecule has 25 heavy (non-hydrogen) atoms. The van der Waals surface area contributed by atoms with E-state index in [1.165, 1.54) is 6.92 Å². The van der Waals surface area contributed by atoms with Crippen LogP contribution >= 0.6 is 0 Å². The van der Waals surface area contributed by atoms with E-state index >= 15 is 0 Å². The van der Waals surface area contributed by atoms with Crippen molar-refractivity contribution >= 4 is 11.9 Å². The summed E-state index contributed by atoms with van der Waals surface area (Å²) >= 11 is 0. The number of carbonyl (C=O) groups excluding carboxylic acids is 1. The second kappa shape index (κ2) is 6.97. The zero-order valence-corrected chi connectivity index (χ0v) is 14.1. The summed E-state index contributed by atoms with van der Waals surface area (Å²) in [5.41, 5.74) is -0.410. The van der Waals surface area contributed by atoms with Crippen LogP contribution in [0.1, 0.15) is 25.3 Å². The summed E-state index contributed by atoms with van der Waals surface area (Å²) < 4.78 is 5.82. The van der Waals surface area contributed by atoms with Crippen molar-refractivity contribution in [3.8, 4) is 11.5 Å². The van der Waals surface area contributed by atoms with Crippen molar-refractivity contribution in [3.05, 3.63) is 60.2 Å². The standard InChI is InChI=1S/C20H21NO4/c1-20(19(23)24)11-6-12-21(18(20)22)14-15-7-5-10-17(13-15)25-16-8-3-2-4-9-16/h2-5,7-10,13H,6,11-12,14H2,1H3,(H,23,24). The van der Waals surface area contributed by atoms with Gasteiger partial charge >= 0.3 is 5.97 Å². The van der Waals surface area contributed by atoms with Crippen LogP contribution in [0, 0.1) is 5.41 Å². The molecule has 0 radical (unpaired) electrons.